The summed E-state index contributed by atoms with van der Waals surface area (Å²) in [4.78, 5) is 0. The molecule has 0 saturated carbocycles. The van der Waals surface area contributed by atoms with E-state index in [1.165, 1.54) is 24.1 Å². The van der Waals surface area contributed by atoms with Gasteiger partial charge in [-0.05, 0) is 56.9 Å². The van der Waals surface area contributed by atoms with E-state index in [2.05, 4.69) is 60.9 Å². The number of unbranched alkanes of at least 4 members (excludes halogenated alkanes) is 1. The van der Waals surface area contributed by atoms with Crippen LogP contribution in [0, 0.1) is 13.8 Å². The second-order valence-corrected chi connectivity index (χ2v) is 4.71. The zero-order valence-corrected chi connectivity index (χ0v) is 11.3. The highest BCUT2D eigenvalue weighted by Crippen LogP contribution is 2.15. The van der Waals surface area contributed by atoms with E-state index in [0.717, 1.165) is 24.2 Å². The van der Waals surface area contributed by atoms with Crippen LogP contribution in [0.4, 0.5) is 0 Å². The summed E-state index contributed by atoms with van der Waals surface area (Å²) in [5.41, 5.74) is 4.79. The first kappa shape index (κ1) is 12.9. The minimum atomic E-state index is 0.834. The molecule has 0 spiro atoms. The summed E-state index contributed by atoms with van der Waals surface area (Å²) >= 11 is 0. The molecule has 0 aliphatic rings. The molecule has 0 N–H and O–H groups in total. The monoisotopic (exact) mass is 241 g/mol. The molecule has 18 heavy (non-hydrogen) atoms. The van der Waals surface area contributed by atoms with Gasteiger partial charge in [-0.2, -0.15) is 5.10 Å². The summed E-state index contributed by atoms with van der Waals surface area (Å²) in [7, 11) is 0. The molecule has 2 heteroatoms. The van der Waals surface area contributed by atoms with E-state index < -0.39 is 0 Å². The number of hydrogen-bond acceptors (Lipinski definition) is 1. The molecule has 1 aromatic heterocycles. The van der Waals surface area contributed by atoms with Crippen molar-refractivity contribution in [1.29, 1.82) is 0 Å². The van der Waals surface area contributed by atoms with Crippen LogP contribution in [0.5, 0.6) is 0 Å². The van der Waals surface area contributed by atoms with Crippen LogP contribution in [-0.4, -0.2) is 9.78 Å². The summed E-state index contributed by atoms with van der Waals surface area (Å²) in [6.07, 6.45) is 4.35. The molecule has 0 bridgehead atoms. The Morgan fingerprint density at radius 1 is 1.22 bits per heavy atom. The molecule has 0 unspecified atom stereocenters. The van der Waals surface area contributed by atoms with Crippen LogP contribution >= 0.6 is 0 Å². The fourth-order valence-electron chi connectivity index (χ4n) is 2.12. The highest BCUT2D eigenvalue weighted by molar-refractivity contribution is 5.36. The Hall–Kier alpha value is -1.57. The lowest BCUT2D eigenvalue weighted by atomic mass is 10.1. The molecule has 0 fully saturated rings. The lowest BCUT2D eigenvalue weighted by Gasteiger charge is -2.07. The minimum absolute atomic E-state index is 0.834. The van der Waals surface area contributed by atoms with Crippen molar-refractivity contribution in [2.24, 2.45) is 0 Å². The van der Waals surface area contributed by atoms with E-state index >= 15 is 0 Å². The molecular weight excluding hydrogens is 220 g/mol. The maximum Gasteiger partial charge on any atom is 0.0649 e. The quantitative estimate of drug-likeness (QED) is 0.776. The largest absolute Gasteiger partial charge is 0.238 e. The van der Waals surface area contributed by atoms with Crippen molar-refractivity contribution in [1.82, 2.24) is 9.78 Å². The third kappa shape index (κ3) is 2.81. The molecule has 0 amide bonds. The van der Waals surface area contributed by atoms with E-state index in [-0.39, 0.29) is 0 Å². The van der Waals surface area contributed by atoms with Gasteiger partial charge in [0.15, 0.2) is 0 Å². The smallest absolute Gasteiger partial charge is 0.0649 e. The van der Waals surface area contributed by atoms with Crippen molar-refractivity contribution in [3.63, 3.8) is 0 Å². The summed E-state index contributed by atoms with van der Waals surface area (Å²) < 4.78 is 2.07. The maximum atomic E-state index is 4.59. The molecular formula is C16H21N2. The van der Waals surface area contributed by atoms with Gasteiger partial charge < -0.3 is 0 Å². The highest BCUT2D eigenvalue weighted by atomic mass is 15.3. The summed E-state index contributed by atoms with van der Waals surface area (Å²) in [6, 6.07) is 10.7. The standard InChI is InChI=1S/C16H21N2/c1-4-6-7-16-12-13(3)17-18(16)15-10-8-14(5-2)9-11-15/h8-12H,2,4-7H2,1,3H3. The molecule has 2 rings (SSSR count). The van der Waals surface area contributed by atoms with Crippen LogP contribution in [-0.2, 0) is 12.8 Å². The lowest BCUT2D eigenvalue weighted by molar-refractivity contribution is 0.727. The Morgan fingerprint density at radius 3 is 2.56 bits per heavy atom. The third-order valence-corrected chi connectivity index (χ3v) is 3.16. The summed E-state index contributed by atoms with van der Waals surface area (Å²) in [5, 5.41) is 4.59. The van der Waals surface area contributed by atoms with Gasteiger partial charge in [-0.1, -0.05) is 25.5 Å². The second-order valence-electron chi connectivity index (χ2n) is 4.71. The van der Waals surface area contributed by atoms with Gasteiger partial charge in [0.05, 0.1) is 11.4 Å². The Labute approximate surface area is 110 Å². The van der Waals surface area contributed by atoms with Gasteiger partial charge in [0.2, 0.25) is 0 Å². The van der Waals surface area contributed by atoms with Crippen molar-refractivity contribution in [2.75, 3.05) is 0 Å². The lowest BCUT2D eigenvalue weighted by Crippen LogP contribution is -2.02. The molecule has 95 valence electrons. The van der Waals surface area contributed by atoms with Crippen molar-refractivity contribution in [2.45, 2.75) is 39.5 Å². The molecule has 0 saturated heterocycles. The predicted octanol–water partition coefficient (Wildman–Crippen LogP) is 3.90. The Bertz CT molecular complexity index is 494. The fourth-order valence-corrected chi connectivity index (χ4v) is 2.12. The fraction of sp³-hybridized carbons (Fsp3) is 0.375. The normalized spacial score (nSPS) is 10.8. The van der Waals surface area contributed by atoms with E-state index in [4.69, 9.17) is 0 Å². The first-order valence-corrected chi connectivity index (χ1v) is 6.68. The maximum absolute atomic E-state index is 4.59. The average molecular weight is 241 g/mol. The second kappa shape index (κ2) is 5.85. The van der Waals surface area contributed by atoms with E-state index in [0.29, 0.717) is 0 Å². The van der Waals surface area contributed by atoms with Gasteiger partial charge >= 0.3 is 0 Å². The molecule has 1 heterocycles. The Kier molecular flexibility index (Phi) is 4.19. The summed E-state index contributed by atoms with van der Waals surface area (Å²) in [5.74, 6) is 0. The van der Waals surface area contributed by atoms with Crippen molar-refractivity contribution < 1.29 is 0 Å². The van der Waals surface area contributed by atoms with Crippen LogP contribution in [0.1, 0.15) is 36.7 Å². The van der Waals surface area contributed by atoms with E-state index in [1.54, 1.807) is 0 Å². The van der Waals surface area contributed by atoms with E-state index in [1.807, 2.05) is 0 Å². The van der Waals surface area contributed by atoms with Crippen molar-refractivity contribution >= 4 is 0 Å². The van der Waals surface area contributed by atoms with Crippen LogP contribution in [0.15, 0.2) is 30.3 Å². The van der Waals surface area contributed by atoms with Crippen LogP contribution in [0.3, 0.4) is 0 Å². The van der Waals surface area contributed by atoms with Crippen LogP contribution in [0.2, 0.25) is 0 Å². The molecule has 2 nitrogen and oxygen atoms in total. The van der Waals surface area contributed by atoms with Crippen molar-refractivity contribution in [3.8, 4) is 5.69 Å². The molecule has 0 aliphatic carbocycles. The Balaban J connectivity index is 2.30. The minimum Gasteiger partial charge on any atom is -0.238 e. The van der Waals surface area contributed by atoms with Crippen LogP contribution in [0.25, 0.3) is 5.69 Å². The van der Waals surface area contributed by atoms with Crippen LogP contribution < -0.4 is 0 Å². The zero-order chi connectivity index (χ0) is 13.0. The number of rotatable bonds is 5. The van der Waals surface area contributed by atoms with Gasteiger partial charge in [0.25, 0.3) is 0 Å². The van der Waals surface area contributed by atoms with Gasteiger partial charge in [0.1, 0.15) is 0 Å². The number of benzene rings is 1. The topological polar surface area (TPSA) is 17.8 Å². The number of aromatic nitrogens is 2. The molecule has 2 aromatic rings. The first-order chi connectivity index (χ1) is 8.74. The molecule has 1 radical (unpaired) electrons. The number of hydrogen-bond donors (Lipinski definition) is 0. The third-order valence-electron chi connectivity index (χ3n) is 3.16. The number of nitrogens with zero attached hydrogens (tertiary/aromatic N) is 2. The molecule has 0 aliphatic heterocycles. The molecule has 0 atom stereocenters. The van der Waals surface area contributed by atoms with E-state index in [9.17, 15) is 0 Å². The highest BCUT2D eigenvalue weighted by Gasteiger charge is 2.06. The SMILES string of the molecule is [CH2]Cc1ccc(-n2nc(C)cc2CCCC)cc1. The average Bonchev–Trinajstić information content (AvgIpc) is 2.77. The first-order valence-electron chi connectivity index (χ1n) is 6.68. The predicted molar refractivity (Wildman–Crippen MR) is 76.0 cm³/mol. The molecule has 1 aromatic carbocycles. The Morgan fingerprint density at radius 2 is 1.94 bits per heavy atom. The van der Waals surface area contributed by atoms with Crippen molar-refractivity contribution in [3.05, 3.63) is 54.2 Å². The van der Waals surface area contributed by atoms with Gasteiger partial charge in [0, 0.05) is 5.69 Å². The van der Waals surface area contributed by atoms with Gasteiger partial charge in [-0.3, -0.25) is 0 Å². The van der Waals surface area contributed by atoms with Gasteiger partial charge in [-0.15, -0.1) is 0 Å². The number of aryl methyl sites for hydroxylation is 2. The zero-order valence-electron chi connectivity index (χ0n) is 11.3. The van der Waals surface area contributed by atoms with Gasteiger partial charge in [-0.25, -0.2) is 4.68 Å². The summed E-state index contributed by atoms with van der Waals surface area (Å²) in [6.45, 7) is 8.17.